The Morgan fingerprint density at radius 2 is 1.95 bits per heavy atom. The molecular weight excluding hydrogens is 482 g/mol. The first-order valence-electron chi connectivity index (χ1n) is 13.2. The van der Waals surface area contributed by atoms with Gasteiger partial charge < -0.3 is 19.7 Å². The van der Waals surface area contributed by atoms with Crippen LogP contribution in [0.5, 0.6) is 0 Å². The Balaban J connectivity index is 1.31. The number of aliphatic hydroxyl groups excluding tert-OH is 1. The smallest absolute Gasteiger partial charge is 0.247 e. The van der Waals surface area contributed by atoms with Crippen molar-refractivity contribution in [2.24, 2.45) is 0 Å². The summed E-state index contributed by atoms with van der Waals surface area (Å²) >= 11 is 0. The number of likely N-dealkylation sites (N-methyl/N-ethyl adjacent to an activating group) is 1. The van der Waals surface area contributed by atoms with E-state index in [-0.39, 0.29) is 23.8 Å². The van der Waals surface area contributed by atoms with Gasteiger partial charge in [0.25, 0.3) is 0 Å². The van der Waals surface area contributed by atoms with Crippen molar-refractivity contribution >= 4 is 11.6 Å². The third-order valence-corrected chi connectivity index (χ3v) is 7.71. The third kappa shape index (κ3) is 4.69. The summed E-state index contributed by atoms with van der Waals surface area (Å²) in [5.41, 5.74) is 4.78. The lowest BCUT2D eigenvalue weighted by atomic mass is 9.77. The number of nitrogens with one attached hydrogen (secondary N) is 1. The molecule has 38 heavy (non-hydrogen) atoms. The minimum Gasteiger partial charge on any atom is -0.420 e. The quantitative estimate of drug-likeness (QED) is 0.366. The molecule has 200 valence electrons. The van der Waals surface area contributed by atoms with Gasteiger partial charge in [0.2, 0.25) is 17.7 Å². The predicted octanol–water partition coefficient (Wildman–Crippen LogP) is 2.95. The second-order valence-electron chi connectivity index (χ2n) is 10.3. The van der Waals surface area contributed by atoms with E-state index in [0.29, 0.717) is 24.9 Å². The summed E-state index contributed by atoms with van der Waals surface area (Å²) in [7, 11) is 1.68. The molecule has 10 nitrogen and oxygen atoms in total. The van der Waals surface area contributed by atoms with Gasteiger partial charge in [-0.25, -0.2) is 9.50 Å². The number of piperidine rings is 1. The van der Waals surface area contributed by atoms with Gasteiger partial charge in [0.15, 0.2) is 5.65 Å². The van der Waals surface area contributed by atoms with E-state index in [0.717, 1.165) is 47.3 Å². The number of aryl methyl sites for hydroxylation is 1. The molecule has 3 aromatic heterocycles. The summed E-state index contributed by atoms with van der Waals surface area (Å²) in [4.78, 5) is 18.9. The second kappa shape index (κ2) is 10.6. The van der Waals surface area contributed by atoms with Gasteiger partial charge in [-0.2, -0.15) is 5.10 Å². The molecule has 4 aromatic rings. The predicted molar refractivity (Wildman–Crippen MR) is 143 cm³/mol. The minimum absolute atomic E-state index is 0.0753. The fraction of sp³-hybridized carbons (Fsp3) is 0.464. The monoisotopic (exact) mass is 517 g/mol. The molecule has 2 N–H and O–H groups in total. The van der Waals surface area contributed by atoms with E-state index in [1.807, 2.05) is 35.1 Å². The molecule has 0 aliphatic carbocycles. The summed E-state index contributed by atoms with van der Waals surface area (Å²) in [6.07, 6.45) is 6.07. The summed E-state index contributed by atoms with van der Waals surface area (Å²) < 4.78 is 7.94. The molecule has 1 fully saturated rings. The van der Waals surface area contributed by atoms with Crippen LogP contribution in [0.25, 0.3) is 17.1 Å². The fourth-order valence-corrected chi connectivity index (χ4v) is 5.37. The number of nitrogens with zero attached hydrogens (tertiary/aromatic N) is 6. The van der Waals surface area contributed by atoms with Crippen LogP contribution in [0.4, 0.5) is 0 Å². The van der Waals surface area contributed by atoms with Crippen molar-refractivity contribution in [1.82, 2.24) is 35.0 Å². The maximum Gasteiger partial charge on any atom is 0.247 e. The summed E-state index contributed by atoms with van der Waals surface area (Å²) in [6, 6.07) is 9.58. The van der Waals surface area contributed by atoms with Crippen molar-refractivity contribution in [3.63, 3.8) is 0 Å². The molecule has 1 amide bonds. The number of benzene rings is 1. The van der Waals surface area contributed by atoms with Crippen molar-refractivity contribution in [1.29, 1.82) is 0 Å². The van der Waals surface area contributed by atoms with Crippen LogP contribution >= 0.6 is 0 Å². The second-order valence-corrected chi connectivity index (χ2v) is 10.3. The van der Waals surface area contributed by atoms with Gasteiger partial charge in [-0.05, 0) is 50.1 Å². The number of carbonyl (C=O) groups excluding carboxylic acids is 1. The molecular formula is C28H35N7O3. The number of hydrogen-bond donors (Lipinski definition) is 2. The highest BCUT2D eigenvalue weighted by molar-refractivity contribution is 5.82. The van der Waals surface area contributed by atoms with Crippen LogP contribution in [-0.4, -0.2) is 73.5 Å². The van der Waals surface area contributed by atoms with Gasteiger partial charge in [0, 0.05) is 47.9 Å². The van der Waals surface area contributed by atoms with Crippen LogP contribution in [0, 0.1) is 0 Å². The number of fused-ring (bicyclic) bond motifs is 1. The highest BCUT2D eigenvalue weighted by Gasteiger charge is 2.32. The van der Waals surface area contributed by atoms with Gasteiger partial charge in [0.05, 0.1) is 12.3 Å². The average Bonchev–Trinajstić information content (AvgIpc) is 3.59. The molecule has 0 radical (unpaired) electrons. The van der Waals surface area contributed by atoms with Crippen LogP contribution in [0.3, 0.4) is 0 Å². The van der Waals surface area contributed by atoms with E-state index >= 15 is 0 Å². The number of rotatable bonds is 8. The number of carbonyl (C=O) groups is 1. The topological polar surface area (TPSA) is 122 Å². The normalized spacial score (nSPS) is 15.8. The molecule has 1 aromatic carbocycles. The van der Waals surface area contributed by atoms with Gasteiger partial charge in [0.1, 0.15) is 6.04 Å². The number of amides is 1. The zero-order valence-corrected chi connectivity index (χ0v) is 22.4. The Kier molecular flexibility index (Phi) is 7.27. The van der Waals surface area contributed by atoms with E-state index in [1.165, 1.54) is 0 Å². The van der Waals surface area contributed by atoms with Gasteiger partial charge in [-0.1, -0.05) is 32.9 Å². The summed E-state index contributed by atoms with van der Waals surface area (Å²) in [5.74, 6) is 1.13. The molecule has 1 aliphatic rings. The minimum atomic E-state index is -0.563. The van der Waals surface area contributed by atoms with Crippen molar-refractivity contribution in [2.45, 2.75) is 57.4 Å². The lowest BCUT2D eigenvalue weighted by Gasteiger charge is -2.32. The van der Waals surface area contributed by atoms with E-state index in [1.54, 1.807) is 11.9 Å². The molecule has 4 heterocycles. The maximum atomic E-state index is 12.5. The lowest BCUT2D eigenvalue weighted by molar-refractivity contribution is -0.135. The molecule has 10 heteroatoms. The number of hydrogen-bond acceptors (Lipinski definition) is 8. The molecule has 1 unspecified atom stereocenters. The van der Waals surface area contributed by atoms with Gasteiger partial charge in [-0.15, -0.1) is 10.2 Å². The zero-order valence-electron chi connectivity index (χ0n) is 22.4. The Morgan fingerprint density at radius 3 is 2.61 bits per heavy atom. The molecule has 5 rings (SSSR count). The molecule has 0 bridgehead atoms. The lowest BCUT2D eigenvalue weighted by Crippen LogP contribution is -2.49. The molecule has 0 saturated carbocycles. The Labute approximate surface area is 222 Å². The number of likely N-dealkylation sites (tertiary alicyclic amines) is 1. The van der Waals surface area contributed by atoms with Crippen LogP contribution in [0.2, 0.25) is 0 Å². The van der Waals surface area contributed by atoms with E-state index in [4.69, 9.17) is 9.52 Å². The first kappa shape index (κ1) is 26.0. The Morgan fingerprint density at radius 1 is 1.21 bits per heavy atom. The van der Waals surface area contributed by atoms with E-state index in [9.17, 15) is 9.90 Å². The van der Waals surface area contributed by atoms with Crippen LogP contribution in [0.1, 0.15) is 62.2 Å². The molecule has 0 spiro atoms. The zero-order chi connectivity index (χ0) is 26.9. The standard InChI is InChI=1S/C28H35N7O3/c1-5-21-23(24-30-13-6-14-35(24)33-21)28(2,3)20-9-7-18(8-10-20)25-31-32-26(38-25)19-11-15-34(16-12-19)27(37)22(17-36)29-4/h6-10,13-14,19,22,29,36H,5,11-12,15-17H2,1-4H3. The molecule has 1 atom stereocenters. The average molecular weight is 518 g/mol. The van der Waals surface area contributed by atoms with Gasteiger partial charge in [-0.3, -0.25) is 4.79 Å². The van der Waals surface area contributed by atoms with Crippen LogP contribution in [0.15, 0.2) is 47.1 Å². The van der Waals surface area contributed by atoms with Crippen molar-refractivity contribution in [3.8, 4) is 11.5 Å². The largest absolute Gasteiger partial charge is 0.420 e. The van der Waals surface area contributed by atoms with Crippen molar-refractivity contribution in [2.75, 3.05) is 26.7 Å². The highest BCUT2D eigenvalue weighted by atomic mass is 16.4. The van der Waals surface area contributed by atoms with Gasteiger partial charge >= 0.3 is 0 Å². The first-order valence-corrected chi connectivity index (χ1v) is 13.2. The molecule has 1 saturated heterocycles. The Bertz CT molecular complexity index is 1400. The maximum absolute atomic E-state index is 12.5. The van der Waals surface area contributed by atoms with E-state index < -0.39 is 6.04 Å². The van der Waals surface area contributed by atoms with Crippen LogP contribution in [-0.2, 0) is 16.6 Å². The third-order valence-electron chi connectivity index (χ3n) is 7.71. The number of aromatic nitrogens is 5. The SMILES string of the molecule is CCc1nn2cccnc2c1C(C)(C)c1ccc(-c2nnc(C3CCN(C(=O)C(CO)NC)CC3)o2)cc1. The fourth-order valence-electron chi connectivity index (χ4n) is 5.37. The summed E-state index contributed by atoms with van der Waals surface area (Å²) in [6.45, 7) is 7.51. The highest BCUT2D eigenvalue weighted by Crippen LogP contribution is 2.37. The van der Waals surface area contributed by atoms with Crippen molar-refractivity contribution in [3.05, 3.63) is 65.4 Å². The van der Waals surface area contributed by atoms with Crippen molar-refractivity contribution < 1.29 is 14.3 Å². The Hall–Kier alpha value is -3.63. The summed E-state index contributed by atoms with van der Waals surface area (Å²) in [5, 5.41) is 25.7. The number of aliphatic hydroxyl groups is 1. The van der Waals surface area contributed by atoms with E-state index in [2.05, 4.69) is 53.4 Å². The molecule has 1 aliphatic heterocycles. The van der Waals surface area contributed by atoms with Crippen LogP contribution < -0.4 is 5.32 Å². The first-order chi connectivity index (χ1) is 18.4.